The van der Waals surface area contributed by atoms with Crippen LogP contribution in [0.25, 0.3) is 26.3 Å². The van der Waals surface area contributed by atoms with Gasteiger partial charge < -0.3 is 0 Å². The van der Waals surface area contributed by atoms with Gasteiger partial charge in [-0.05, 0) is 30.7 Å². The van der Waals surface area contributed by atoms with Crippen LogP contribution in [0.5, 0.6) is 0 Å². The van der Waals surface area contributed by atoms with Crippen LogP contribution in [0.1, 0.15) is 17.5 Å². The Kier molecular flexibility index (Phi) is 5.01. The fraction of sp³-hybridized carbons (Fsp3) is 0.136. The molecule has 0 saturated carbocycles. The van der Waals surface area contributed by atoms with E-state index in [4.69, 9.17) is 5.26 Å². The molecular weight excluding hydrogens is 398 g/mol. The summed E-state index contributed by atoms with van der Waals surface area (Å²) in [5.74, 6) is 0. The third kappa shape index (κ3) is 3.20. The van der Waals surface area contributed by atoms with Crippen molar-refractivity contribution in [3.05, 3.63) is 80.8 Å². The zero-order valence-electron chi connectivity index (χ0n) is 16.0. The third-order valence-corrected chi connectivity index (χ3v) is 5.85. The van der Waals surface area contributed by atoms with Crippen molar-refractivity contribution in [3.8, 4) is 28.3 Å². The van der Waals surface area contributed by atoms with Crippen LogP contribution in [0, 0.1) is 29.6 Å². The van der Waals surface area contributed by atoms with Gasteiger partial charge in [-0.15, -0.1) is 11.3 Å². The van der Waals surface area contributed by atoms with Gasteiger partial charge in [0.1, 0.15) is 4.70 Å². The van der Waals surface area contributed by atoms with Crippen LogP contribution < -0.4 is 11.2 Å². The molecule has 3 aromatic heterocycles. The van der Waals surface area contributed by atoms with Crippen LogP contribution in [-0.2, 0) is 6.54 Å². The largest absolute Gasteiger partial charge is 0.336 e. The summed E-state index contributed by atoms with van der Waals surface area (Å²) in [5.41, 5.74) is 1.88. The number of nitriles is 2. The lowest BCUT2D eigenvalue weighted by atomic mass is 10.1. The van der Waals surface area contributed by atoms with Gasteiger partial charge in [-0.1, -0.05) is 18.2 Å². The average molecular weight is 413 g/mol. The Balaban J connectivity index is 2.07. The highest BCUT2D eigenvalue weighted by Gasteiger charge is 2.19. The molecule has 8 heteroatoms. The molecule has 0 amide bonds. The molecule has 0 N–H and O–H groups in total. The van der Waals surface area contributed by atoms with Crippen molar-refractivity contribution in [2.45, 2.75) is 19.9 Å². The lowest BCUT2D eigenvalue weighted by molar-refractivity contribution is 0.662. The second-order valence-electron chi connectivity index (χ2n) is 6.69. The van der Waals surface area contributed by atoms with E-state index in [1.807, 2.05) is 25.1 Å². The Morgan fingerprint density at radius 1 is 1.13 bits per heavy atom. The highest BCUT2D eigenvalue weighted by molar-refractivity contribution is 7.22. The molecule has 1 aromatic carbocycles. The maximum absolute atomic E-state index is 13.3. The second-order valence-corrected chi connectivity index (χ2v) is 7.74. The molecule has 0 aliphatic carbocycles. The minimum absolute atomic E-state index is 0.124. The van der Waals surface area contributed by atoms with Gasteiger partial charge in [-0.2, -0.15) is 10.5 Å². The molecule has 7 nitrogen and oxygen atoms in total. The first kappa shape index (κ1) is 19.3. The van der Waals surface area contributed by atoms with Gasteiger partial charge in [0.25, 0.3) is 5.56 Å². The van der Waals surface area contributed by atoms with Gasteiger partial charge in [0.15, 0.2) is 0 Å². The number of pyridine rings is 1. The second kappa shape index (κ2) is 7.78. The molecule has 0 radical (unpaired) electrons. The standard InChI is InChI=1S/C22H15N5O2S/c1-14-9-16(13-25-12-14)27-21(28)20-18(26(22(27)29)8-4-7-23)10-19(30-20)17-6-3-2-5-15(17)11-24/h2-3,5-6,9-10,12-13H,4,8H2,1H3. The smallest absolute Gasteiger partial charge is 0.291 e. The van der Waals surface area contributed by atoms with Gasteiger partial charge in [-0.3, -0.25) is 14.3 Å². The summed E-state index contributed by atoms with van der Waals surface area (Å²) in [5, 5.41) is 18.5. The molecule has 3 heterocycles. The molecule has 0 bridgehead atoms. The van der Waals surface area contributed by atoms with E-state index >= 15 is 0 Å². The number of thiophene rings is 1. The summed E-state index contributed by atoms with van der Waals surface area (Å²) in [6, 6.07) is 14.8. The first-order valence-electron chi connectivity index (χ1n) is 9.13. The molecule has 0 spiro atoms. The number of aryl methyl sites for hydroxylation is 2. The summed E-state index contributed by atoms with van der Waals surface area (Å²) >= 11 is 1.23. The lowest BCUT2D eigenvalue weighted by Crippen LogP contribution is -2.38. The number of fused-ring (bicyclic) bond motifs is 1. The lowest BCUT2D eigenvalue weighted by Gasteiger charge is -2.11. The van der Waals surface area contributed by atoms with E-state index in [9.17, 15) is 14.9 Å². The van der Waals surface area contributed by atoms with E-state index in [2.05, 4.69) is 11.1 Å². The predicted molar refractivity (Wildman–Crippen MR) is 115 cm³/mol. The topological polar surface area (TPSA) is 104 Å². The van der Waals surface area contributed by atoms with Crippen molar-refractivity contribution < 1.29 is 0 Å². The molecule has 0 unspecified atom stereocenters. The number of hydrogen-bond donors (Lipinski definition) is 0. The molecule has 0 saturated heterocycles. The van der Waals surface area contributed by atoms with Crippen LogP contribution in [0.4, 0.5) is 0 Å². The highest BCUT2D eigenvalue weighted by Crippen LogP contribution is 2.33. The number of nitrogens with zero attached hydrogens (tertiary/aromatic N) is 5. The Bertz CT molecular complexity index is 1480. The minimum atomic E-state index is -0.520. The summed E-state index contributed by atoms with van der Waals surface area (Å²) in [4.78, 5) is 31.3. The zero-order chi connectivity index (χ0) is 21.3. The monoisotopic (exact) mass is 413 g/mol. The third-order valence-electron chi connectivity index (χ3n) is 4.70. The molecule has 0 aliphatic heterocycles. The van der Waals surface area contributed by atoms with E-state index in [1.54, 1.807) is 30.5 Å². The minimum Gasteiger partial charge on any atom is -0.291 e. The molecule has 4 aromatic rings. The highest BCUT2D eigenvalue weighted by atomic mass is 32.1. The number of aromatic nitrogens is 3. The summed E-state index contributed by atoms with van der Waals surface area (Å²) in [6.45, 7) is 1.98. The van der Waals surface area contributed by atoms with Crippen LogP contribution in [0.15, 0.2) is 58.4 Å². The average Bonchev–Trinajstić information content (AvgIpc) is 3.19. The van der Waals surface area contributed by atoms with Crippen molar-refractivity contribution in [1.29, 1.82) is 10.5 Å². The Hall–Kier alpha value is -4.01. The Labute approximate surface area is 175 Å². The van der Waals surface area contributed by atoms with Crippen molar-refractivity contribution in [1.82, 2.24) is 14.1 Å². The summed E-state index contributed by atoms with van der Waals surface area (Å²) in [7, 11) is 0. The van der Waals surface area contributed by atoms with Crippen molar-refractivity contribution in [3.63, 3.8) is 0 Å². The first-order valence-corrected chi connectivity index (χ1v) is 9.94. The van der Waals surface area contributed by atoms with Gasteiger partial charge in [0.05, 0.1) is 41.5 Å². The first-order chi connectivity index (χ1) is 14.5. The van der Waals surface area contributed by atoms with Crippen LogP contribution in [-0.4, -0.2) is 14.1 Å². The fourth-order valence-electron chi connectivity index (χ4n) is 3.34. The maximum Gasteiger partial charge on any atom is 0.336 e. The molecule has 4 rings (SSSR count). The molecule has 0 atom stereocenters. The quantitative estimate of drug-likeness (QED) is 0.510. The van der Waals surface area contributed by atoms with Gasteiger partial charge in [0, 0.05) is 23.2 Å². The molecule has 0 fully saturated rings. The van der Waals surface area contributed by atoms with Crippen molar-refractivity contribution in [2.75, 3.05) is 0 Å². The fourth-order valence-corrected chi connectivity index (χ4v) is 4.47. The van der Waals surface area contributed by atoms with Crippen LogP contribution >= 0.6 is 11.3 Å². The van der Waals surface area contributed by atoms with Crippen LogP contribution in [0.3, 0.4) is 0 Å². The normalized spacial score (nSPS) is 10.6. The maximum atomic E-state index is 13.3. The zero-order valence-corrected chi connectivity index (χ0v) is 16.8. The Morgan fingerprint density at radius 2 is 1.93 bits per heavy atom. The number of benzene rings is 1. The van der Waals surface area contributed by atoms with Gasteiger partial charge >= 0.3 is 5.69 Å². The molecular formula is C22H15N5O2S. The molecule has 146 valence electrons. The Morgan fingerprint density at radius 3 is 2.67 bits per heavy atom. The summed E-state index contributed by atoms with van der Waals surface area (Å²) < 4.78 is 2.92. The van der Waals surface area contributed by atoms with Crippen LogP contribution in [0.2, 0.25) is 0 Å². The van der Waals surface area contributed by atoms with E-state index in [1.165, 1.54) is 22.1 Å². The van der Waals surface area contributed by atoms with E-state index in [-0.39, 0.29) is 13.0 Å². The van der Waals surface area contributed by atoms with Gasteiger partial charge in [-0.25, -0.2) is 9.36 Å². The SMILES string of the molecule is Cc1cncc(-n2c(=O)c3sc(-c4ccccc4C#N)cc3n(CCC#N)c2=O)c1. The van der Waals surface area contributed by atoms with E-state index in [0.717, 1.165) is 10.1 Å². The van der Waals surface area contributed by atoms with Crippen molar-refractivity contribution >= 4 is 21.6 Å². The van der Waals surface area contributed by atoms with E-state index in [0.29, 0.717) is 31.9 Å². The predicted octanol–water partition coefficient (Wildman–Crippen LogP) is 3.37. The van der Waals surface area contributed by atoms with Crippen molar-refractivity contribution in [2.24, 2.45) is 0 Å². The molecule has 30 heavy (non-hydrogen) atoms. The van der Waals surface area contributed by atoms with Gasteiger partial charge in [0.2, 0.25) is 0 Å². The van der Waals surface area contributed by atoms with E-state index < -0.39 is 11.2 Å². The molecule has 0 aliphatic rings. The summed E-state index contributed by atoms with van der Waals surface area (Å²) in [6.07, 6.45) is 3.23. The number of rotatable bonds is 4. The number of hydrogen-bond acceptors (Lipinski definition) is 6.